The van der Waals surface area contributed by atoms with Gasteiger partial charge in [0.1, 0.15) is 6.61 Å². The van der Waals surface area contributed by atoms with Crippen molar-refractivity contribution in [3.05, 3.63) is 0 Å². The molecule has 0 amide bonds. The van der Waals surface area contributed by atoms with Crippen molar-refractivity contribution in [3.8, 4) is 0 Å². The number of alkyl halides is 3. The summed E-state index contributed by atoms with van der Waals surface area (Å²) in [6.07, 6.45) is -4.24. The van der Waals surface area contributed by atoms with Gasteiger partial charge in [0.15, 0.2) is 0 Å². The van der Waals surface area contributed by atoms with Gasteiger partial charge in [-0.3, -0.25) is 0 Å². The van der Waals surface area contributed by atoms with Crippen LogP contribution in [0.15, 0.2) is 0 Å². The van der Waals surface area contributed by atoms with Gasteiger partial charge in [0.2, 0.25) is 0 Å². The van der Waals surface area contributed by atoms with Gasteiger partial charge < -0.3 is 8.85 Å². The molecule has 1 atom stereocenters. The number of hydrogen-bond acceptors (Lipinski definition) is 2. The van der Waals surface area contributed by atoms with Crippen molar-refractivity contribution in [1.29, 1.82) is 0 Å². The Labute approximate surface area is 71.5 Å². The second-order valence-electron chi connectivity index (χ2n) is 2.22. The van der Waals surface area contributed by atoms with Crippen LogP contribution in [0.3, 0.4) is 0 Å². The molecule has 0 aromatic carbocycles. The molecule has 0 fully saturated rings. The maximum Gasteiger partial charge on any atom is 0.410 e. The van der Waals surface area contributed by atoms with Gasteiger partial charge in [0.25, 0.3) is 0 Å². The van der Waals surface area contributed by atoms with Gasteiger partial charge in [-0.25, -0.2) is 0 Å². The van der Waals surface area contributed by atoms with E-state index in [9.17, 15) is 13.2 Å². The molecule has 0 saturated heterocycles. The summed E-state index contributed by atoms with van der Waals surface area (Å²) < 4.78 is 44.5. The van der Waals surface area contributed by atoms with Crippen LogP contribution in [0.2, 0.25) is 6.04 Å². The van der Waals surface area contributed by atoms with Crippen molar-refractivity contribution >= 4 is 9.28 Å². The lowest BCUT2D eigenvalue weighted by molar-refractivity contribution is -0.157. The molecule has 0 N–H and O–H groups in total. The van der Waals surface area contributed by atoms with Crippen molar-refractivity contribution in [2.75, 3.05) is 13.2 Å². The number of halogens is 3. The molecule has 0 aromatic rings. The number of rotatable bonds is 5. The van der Waals surface area contributed by atoms with Gasteiger partial charge in [-0.2, -0.15) is 13.2 Å². The molecule has 0 saturated carbocycles. The van der Waals surface area contributed by atoms with E-state index < -0.39 is 22.1 Å². The van der Waals surface area contributed by atoms with Crippen molar-refractivity contribution in [1.82, 2.24) is 0 Å². The van der Waals surface area contributed by atoms with E-state index in [1.54, 1.807) is 13.8 Å². The van der Waals surface area contributed by atoms with E-state index >= 15 is 0 Å². The molecule has 1 unspecified atom stereocenters. The van der Waals surface area contributed by atoms with Crippen LogP contribution in [0.25, 0.3) is 0 Å². The highest BCUT2D eigenvalue weighted by molar-refractivity contribution is 6.44. The molecular formula is C6H13F3O2Si. The minimum Gasteiger partial charge on any atom is -0.397 e. The monoisotopic (exact) mass is 202 g/mol. The maximum atomic E-state index is 11.6. The molecule has 0 bridgehead atoms. The second-order valence-corrected chi connectivity index (χ2v) is 4.56. The van der Waals surface area contributed by atoms with E-state index in [0.717, 1.165) is 0 Å². The average Bonchev–Trinajstić information content (AvgIpc) is 1.96. The lowest BCUT2D eigenvalue weighted by atomic mass is 10.7. The Morgan fingerprint density at radius 1 is 1.17 bits per heavy atom. The summed E-state index contributed by atoms with van der Waals surface area (Å²) in [5, 5.41) is 0. The molecule has 0 aliphatic carbocycles. The van der Waals surface area contributed by atoms with Gasteiger partial charge in [-0.1, -0.05) is 6.92 Å². The summed E-state index contributed by atoms with van der Waals surface area (Å²) in [4.78, 5) is 0. The highest BCUT2D eigenvalue weighted by Crippen LogP contribution is 2.15. The molecule has 0 heterocycles. The zero-order valence-corrected chi connectivity index (χ0v) is 8.30. The lowest BCUT2D eigenvalue weighted by Crippen LogP contribution is -2.28. The van der Waals surface area contributed by atoms with Crippen molar-refractivity contribution in [2.24, 2.45) is 0 Å². The van der Waals surface area contributed by atoms with Gasteiger partial charge >= 0.3 is 15.5 Å². The Morgan fingerprint density at radius 3 is 2.08 bits per heavy atom. The first-order valence-electron chi connectivity index (χ1n) is 3.79. The van der Waals surface area contributed by atoms with E-state index in [0.29, 0.717) is 12.7 Å². The maximum absolute atomic E-state index is 11.6. The normalized spacial score (nSPS) is 14.8. The fourth-order valence-corrected chi connectivity index (χ4v) is 1.97. The Kier molecular flexibility index (Phi) is 5.52. The summed E-state index contributed by atoms with van der Waals surface area (Å²) in [5.41, 5.74) is 0. The molecule has 2 nitrogen and oxygen atoms in total. The Hall–Kier alpha value is -0.0731. The summed E-state index contributed by atoms with van der Waals surface area (Å²) in [6.45, 7) is 2.75. The van der Waals surface area contributed by atoms with Crippen molar-refractivity contribution < 1.29 is 22.0 Å². The molecule has 0 rings (SSSR count). The second kappa shape index (κ2) is 5.55. The Morgan fingerprint density at radius 2 is 1.75 bits per heavy atom. The molecule has 0 aliphatic heterocycles. The predicted octanol–water partition coefficient (Wildman–Crippen LogP) is 1.84. The molecular weight excluding hydrogens is 189 g/mol. The van der Waals surface area contributed by atoms with Crippen molar-refractivity contribution in [3.63, 3.8) is 0 Å². The van der Waals surface area contributed by atoms with Crippen molar-refractivity contribution in [2.45, 2.75) is 26.1 Å². The molecule has 6 heteroatoms. The van der Waals surface area contributed by atoms with Crippen LogP contribution in [-0.4, -0.2) is 28.7 Å². The summed E-state index contributed by atoms with van der Waals surface area (Å²) in [6, 6.07) is 0.559. The Balaban J connectivity index is 3.58. The first-order chi connectivity index (χ1) is 5.49. The molecule has 0 aromatic heterocycles. The third-order valence-corrected chi connectivity index (χ3v) is 3.03. The minimum atomic E-state index is -4.24. The van der Waals surface area contributed by atoms with E-state index in [1.807, 2.05) is 0 Å². The summed E-state index contributed by atoms with van der Waals surface area (Å²) in [5.74, 6) is 0. The fraction of sp³-hybridized carbons (Fsp3) is 1.00. The van der Waals surface area contributed by atoms with E-state index in [-0.39, 0.29) is 0 Å². The highest BCUT2D eigenvalue weighted by Gasteiger charge is 2.29. The molecule has 0 radical (unpaired) electrons. The first kappa shape index (κ1) is 11.9. The smallest absolute Gasteiger partial charge is 0.397 e. The molecule has 0 spiro atoms. The predicted molar refractivity (Wildman–Crippen MR) is 41.3 cm³/mol. The van der Waals surface area contributed by atoms with Gasteiger partial charge in [0.05, 0.1) is 0 Å². The summed E-state index contributed by atoms with van der Waals surface area (Å²) in [7, 11) is -2.03. The van der Waals surface area contributed by atoms with E-state index in [4.69, 9.17) is 4.43 Å². The van der Waals surface area contributed by atoms with Crippen LogP contribution in [0.4, 0.5) is 13.2 Å². The third-order valence-electron chi connectivity index (χ3n) is 1.12. The quantitative estimate of drug-likeness (QED) is 0.633. The van der Waals surface area contributed by atoms with E-state index in [1.165, 1.54) is 0 Å². The van der Waals surface area contributed by atoms with Crippen LogP contribution in [0.5, 0.6) is 0 Å². The van der Waals surface area contributed by atoms with Crippen LogP contribution in [-0.2, 0) is 8.85 Å². The SMILES string of the molecule is CCO[SiH](CC)OCC(F)(F)F. The van der Waals surface area contributed by atoms with Crippen LogP contribution in [0.1, 0.15) is 13.8 Å². The third kappa shape index (κ3) is 6.63. The molecule has 74 valence electrons. The number of hydrogen-bond donors (Lipinski definition) is 0. The minimum absolute atomic E-state index is 0.419. The van der Waals surface area contributed by atoms with Crippen LogP contribution in [0, 0.1) is 0 Å². The molecule has 0 aliphatic rings. The average molecular weight is 202 g/mol. The fourth-order valence-electron chi connectivity index (χ4n) is 0.657. The van der Waals surface area contributed by atoms with Gasteiger partial charge in [-0.15, -0.1) is 0 Å². The Bertz CT molecular complexity index is 118. The molecule has 12 heavy (non-hydrogen) atoms. The van der Waals surface area contributed by atoms with Gasteiger partial charge in [0, 0.05) is 6.61 Å². The topological polar surface area (TPSA) is 18.5 Å². The first-order valence-corrected chi connectivity index (χ1v) is 5.55. The summed E-state index contributed by atoms with van der Waals surface area (Å²) >= 11 is 0. The standard InChI is InChI=1S/C6H13F3O2Si/c1-3-10-12(4-2)11-5-6(7,8)9/h12H,3-5H2,1-2H3. The van der Waals surface area contributed by atoms with Crippen LogP contribution >= 0.6 is 0 Å². The van der Waals surface area contributed by atoms with E-state index in [2.05, 4.69) is 4.43 Å². The van der Waals surface area contributed by atoms with Crippen LogP contribution < -0.4 is 0 Å². The van der Waals surface area contributed by atoms with Gasteiger partial charge in [-0.05, 0) is 13.0 Å². The zero-order valence-electron chi connectivity index (χ0n) is 7.15. The largest absolute Gasteiger partial charge is 0.410 e. The highest BCUT2D eigenvalue weighted by atomic mass is 28.3. The lowest BCUT2D eigenvalue weighted by Gasteiger charge is -2.14. The zero-order chi connectivity index (χ0) is 9.61.